The lowest BCUT2D eigenvalue weighted by molar-refractivity contribution is 0.466. The summed E-state index contributed by atoms with van der Waals surface area (Å²) in [5.41, 5.74) is 1.38. The second-order valence-electron chi connectivity index (χ2n) is 5.77. The fourth-order valence-electron chi connectivity index (χ4n) is 2.94. The third-order valence-corrected chi connectivity index (χ3v) is 5.50. The van der Waals surface area contributed by atoms with Gasteiger partial charge in [0.25, 0.3) is 0 Å². The normalized spacial score (nSPS) is 17.5. The van der Waals surface area contributed by atoms with Crippen molar-refractivity contribution >= 4 is 33.2 Å². The lowest BCUT2D eigenvalue weighted by atomic mass is 9.89. The Labute approximate surface area is 137 Å². The molecule has 1 atom stereocenters. The van der Waals surface area contributed by atoms with Crippen molar-refractivity contribution in [2.75, 3.05) is 0 Å². The van der Waals surface area contributed by atoms with E-state index in [9.17, 15) is 0 Å². The Bertz CT molecular complexity index is 829. The zero-order valence-electron chi connectivity index (χ0n) is 12.2. The van der Waals surface area contributed by atoms with Crippen LogP contribution in [0.1, 0.15) is 23.8 Å². The van der Waals surface area contributed by atoms with E-state index in [0.29, 0.717) is 10.9 Å². The summed E-state index contributed by atoms with van der Waals surface area (Å²) in [5, 5.41) is 1.78. The molecule has 0 bridgehead atoms. The minimum Gasteiger partial charge on any atom is -0.438 e. The van der Waals surface area contributed by atoms with Gasteiger partial charge in [0, 0.05) is 9.90 Å². The molecule has 0 N–H and O–H groups in total. The number of aryl methyl sites for hydroxylation is 1. The van der Waals surface area contributed by atoms with Crippen LogP contribution in [0.2, 0.25) is 5.02 Å². The van der Waals surface area contributed by atoms with Crippen molar-refractivity contribution in [2.24, 2.45) is 5.92 Å². The van der Waals surface area contributed by atoms with Gasteiger partial charge in [-0.1, -0.05) is 18.5 Å². The first-order valence-corrected chi connectivity index (χ1v) is 8.59. The van der Waals surface area contributed by atoms with E-state index >= 15 is 0 Å². The number of nitrogens with zero attached hydrogens (tertiary/aromatic N) is 2. The van der Waals surface area contributed by atoms with E-state index in [-0.39, 0.29) is 0 Å². The summed E-state index contributed by atoms with van der Waals surface area (Å²) in [6, 6.07) is 7.36. The first kappa shape index (κ1) is 14.0. The highest BCUT2D eigenvalue weighted by Crippen LogP contribution is 2.41. The Morgan fingerprint density at radius 1 is 1.23 bits per heavy atom. The summed E-state index contributed by atoms with van der Waals surface area (Å²) in [4.78, 5) is 11.3. The maximum absolute atomic E-state index is 5.99. The Balaban J connectivity index is 1.79. The van der Waals surface area contributed by atoms with Crippen LogP contribution >= 0.6 is 22.9 Å². The minimum atomic E-state index is 0.652. The van der Waals surface area contributed by atoms with Gasteiger partial charge in [-0.05, 0) is 55.0 Å². The lowest BCUT2D eigenvalue weighted by Gasteiger charge is -2.18. The van der Waals surface area contributed by atoms with E-state index in [0.717, 1.165) is 34.7 Å². The number of aromatic nitrogens is 2. The number of halogens is 1. The van der Waals surface area contributed by atoms with E-state index in [1.165, 1.54) is 16.9 Å². The monoisotopic (exact) mass is 330 g/mol. The van der Waals surface area contributed by atoms with Gasteiger partial charge in [-0.25, -0.2) is 9.97 Å². The highest BCUT2D eigenvalue weighted by Gasteiger charge is 2.23. The van der Waals surface area contributed by atoms with Gasteiger partial charge in [0.1, 0.15) is 16.9 Å². The molecule has 1 aliphatic rings. The summed E-state index contributed by atoms with van der Waals surface area (Å²) < 4.78 is 5.99. The van der Waals surface area contributed by atoms with Crippen LogP contribution in [0, 0.1) is 5.92 Å². The molecule has 0 spiro atoms. The number of fused-ring (bicyclic) bond motifs is 3. The number of ether oxygens (including phenoxy) is 1. The van der Waals surface area contributed by atoms with E-state index in [2.05, 4.69) is 16.9 Å². The van der Waals surface area contributed by atoms with E-state index in [1.54, 1.807) is 17.7 Å². The first-order valence-electron chi connectivity index (χ1n) is 7.39. The zero-order valence-corrected chi connectivity index (χ0v) is 13.7. The van der Waals surface area contributed by atoms with Crippen LogP contribution in [0.15, 0.2) is 30.6 Å². The molecule has 1 aliphatic carbocycles. The average Bonchev–Trinajstić information content (AvgIpc) is 2.88. The molecule has 3 aromatic rings. The van der Waals surface area contributed by atoms with Crippen LogP contribution in [0.5, 0.6) is 11.6 Å². The molecule has 2 heterocycles. The Hall–Kier alpha value is -1.65. The molecule has 0 fully saturated rings. The van der Waals surface area contributed by atoms with Gasteiger partial charge < -0.3 is 4.74 Å². The second kappa shape index (κ2) is 5.52. The maximum Gasteiger partial charge on any atom is 0.231 e. The smallest absolute Gasteiger partial charge is 0.231 e. The topological polar surface area (TPSA) is 35.0 Å². The molecule has 0 radical (unpaired) electrons. The van der Waals surface area contributed by atoms with Crippen LogP contribution in [-0.2, 0) is 12.8 Å². The van der Waals surface area contributed by atoms with Gasteiger partial charge >= 0.3 is 0 Å². The summed E-state index contributed by atoms with van der Waals surface area (Å²) in [6.07, 6.45) is 5.02. The Morgan fingerprint density at radius 2 is 2.05 bits per heavy atom. The predicted octanol–water partition coefficient (Wildman–Crippen LogP) is 5.26. The van der Waals surface area contributed by atoms with Crippen molar-refractivity contribution in [1.29, 1.82) is 0 Å². The molecule has 0 saturated heterocycles. The summed E-state index contributed by atoms with van der Waals surface area (Å²) >= 11 is 7.70. The fraction of sp³-hybridized carbons (Fsp3) is 0.294. The molecule has 0 aliphatic heterocycles. The van der Waals surface area contributed by atoms with Crippen molar-refractivity contribution in [3.8, 4) is 11.6 Å². The quantitative estimate of drug-likeness (QED) is 0.642. The third-order valence-electron chi connectivity index (χ3n) is 4.09. The van der Waals surface area contributed by atoms with Crippen LogP contribution in [0.4, 0.5) is 0 Å². The maximum atomic E-state index is 5.99. The van der Waals surface area contributed by atoms with Gasteiger partial charge in [-0.2, -0.15) is 0 Å². The van der Waals surface area contributed by atoms with Gasteiger partial charge in [0.05, 0.1) is 5.39 Å². The largest absolute Gasteiger partial charge is 0.438 e. The number of hydrogen-bond acceptors (Lipinski definition) is 4. The molecule has 1 aromatic carbocycles. The van der Waals surface area contributed by atoms with Crippen LogP contribution in [0.3, 0.4) is 0 Å². The molecule has 4 rings (SSSR count). The van der Waals surface area contributed by atoms with Crippen molar-refractivity contribution in [1.82, 2.24) is 9.97 Å². The van der Waals surface area contributed by atoms with Gasteiger partial charge in [0.2, 0.25) is 5.88 Å². The van der Waals surface area contributed by atoms with E-state index in [4.69, 9.17) is 16.3 Å². The summed E-state index contributed by atoms with van der Waals surface area (Å²) in [5.74, 6) is 2.14. The molecule has 3 nitrogen and oxygen atoms in total. The number of hydrogen-bond donors (Lipinski definition) is 0. The average molecular weight is 331 g/mol. The highest BCUT2D eigenvalue weighted by molar-refractivity contribution is 7.18. The van der Waals surface area contributed by atoms with Crippen molar-refractivity contribution in [3.05, 3.63) is 46.1 Å². The Kier molecular flexibility index (Phi) is 3.51. The Morgan fingerprint density at radius 3 is 2.86 bits per heavy atom. The van der Waals surface area contributed by atoms with E-state index in [1.807, 2.05) is 24.3 Å². The third kappa shape index (κ3) is 2.46. The standard InChI is InChI=1S/C17H15ClN2OS/c1-10-2-7-13-14(8-10)22-17-15(13)16(19-9-20-17)21-12-5-3-11(18)4-6-12/h3-6,9-10H,2,7-8H2,1H3/t10-/m0/s1. The van der Waals surface area contributed by atoms with Crippen molar-refractivity contribution in [2.45, 2.75) is 26.2 Å². The molecule has 22 heavy (non-hydrogen) atoms. The van der Waals surface area contributed by atoms with Gasteiger partial charge in [0.15, 0.2) is 0 Å². The lowest BCUT2D eigenvalue weighted by Crippen LogP contribution is -2.08. The summed E-state index contributed by atoms with van der Waals surface area (Å²) in [6.45, 7) is 2.31. The second-order valence-corrected chi connectivity index (χ2v) is 7.29. The number of benzene rings is 1. The fourth-order valence-corrected chi connectivity index (χ4v) is 4.40. The number of rotatable bonds is 2. The molecule has 112 valence electrons. The molecular weight excluding hydrogens is 316 g/mol. The van der Waals surface area contributed by atoms with Crippen LogP contribution < -0.4 is 4.74 Å². The predicted molar refractivity (Wildman–Crippen MR) is 90.1 cm³/mol. The molecule has 0 amide bonds. The molecular formula is C17H15ClN2OS. The molecule has 0 unspecified atom stereocenters. The van der Waals surface area contributed by atoms with E-state index < -0.39 is 0 Å². The van der Waals surface area contributed by atoms with Crippen LogP contribution in [0.25, 0.3) is 10.2 Å². The van der Waals surface area contributed by atoms with Gasteiger partial charge in [-0.15, -0.1) is 11.3 Å². The number of thiophene rings is 1. The first-order chi connectivity index (χ1) is 10.7. The van der Waals surface area contributed by atoms with Crippen LogP contribution in [-0.4, -0.2) is 9.97 Å². The molecule has 5 heteroatoms. The van der Waals surface area contributed by atoms with Gasteiger partial charge in [-0.3, -0.25) is 0 Å². The SMILES string of the molecule is C[C@H]1CCc2c(sc3ncnc(Oc4ccc(Cl)cc4)c23)C1. The highest BCUT2D eigenvalue weighted by atomic mass is 35.5. The van der Waals surface area contributed by atoms with Crippen molar-refractivity contribution in [3.63, 3.8) is 0 Å². The molecule has 0 saturated carbocycles. The summed E-state index contributed by atoms with van der Waals surface area (Å²) in [7, 11) is 0. The zero-order chi connectivity index (χ0) is 15.1. The molecule has 2 aromatic heterocycles. The minimum absolute atomic E-state index is 0.652. The van der Waals surface area contributed by atoms with Crippen molar-refractivity contribution < 1.29 is 4.74 Å².